The Kier molecular flexibility index (Phi) is 4.27. The molecule has 3 fully saturated rings. The van der Waals surface area contributed by atoms with E-state index in [1.807, 2.05) is 33.8 Å². The third kappa shape index (κ3) is 2.32. The number of aliphatic hydroxyl groups is 2. The van der Waals surface area contributed by atoms with E-state index in [2.05, 4.69) is 6.58 Å². The molecule has 31 heavy (non-hydrogen) atoms. The molecule has 6 heteroatoms. The van der Waals surface area contributed by atoms with Crippen molar-refractivity contribution in [2.45, 2.75) is 82.6 Å². The average molecular weight is 433 g/mol. The Bertz CT molecular complexity index is 923. The van der Waals surface area contributed by atoms with Gasteiger partial charge in [0.25, 0.3) is 0 Å². The number of carbonyl (C=O) groups excluding carboxylic acids is 1. The van der Waals surface area contributed by atoms with Crippen molar-refractivity contribution in [3.8, 4) is 0 Å². The van der Waals surface area contributed by atoms with Crippen LogP contribution in [0, 0.1) is 22.7 Å². The highest BCUT2D eigenvalue weighted by molar-refractivity contribution is 5.93. The fourth-order valence-corrected chi connectivity index (χ4v) is 7.98. The molecule has 0 aromatic rings. The summed E-state index contributed by atoms with van der Waals surface area (Å²) in [6, 6.07) is 0. The Morgan fingerprint density at radius 1 is 1.29 bits per heavy atom. The Hall–Kier alpha value is -1.34. The van der Waals surface area contributed by atoms with Crippen LogP contribution in [0.3, 0.4) is 0 Å². The van der Waals surface area contributed by atoms with Gasteiger partial charge in [0.2, 0.25) is 0 Å². The molecule has 0 bridgehead atoms. The number of fused-ring (bicyclic) bond motifs is 7. The first-order chi connectivity index (χ1) is 14.4. The van der Waals surface area contributed by atoms with Gasteiger partial charge in [-0.1, -0.05) is 31.2 Å². The van der Waals surface area contributed by atoms with Crippen molar-refractivity contribution in [1.29, 1.82) is 0 Å². The summed E-state index contributed by atoms with van der Waals surface area (Å²) in [7, 11) is 0. The minimum atomic E-state index is -1.89. The van der Waals surface area contributed by atoms with Gasteiger partial charge in [0.15, 0.2) is 17.2 Å². The predicted molar refractivity (Wildman–Crippen MR) is 113 cm³/mol. The van der Waals surface area contributed by atoms with Crippen LogP contribution in [0.15, 0.2) is 36.0 Å². The zero-order valence-corrected chi connectivity index (χ0v) is 18.8. The van der Waals surface area contributed by atoms with E-state index in [-0.39, 0.29) is 37.3 Å². The number of alkyl halides is 1. The van der Waals surface area contributed by atoms with Crippen LogP contribution < -0.4 is 0 Å². The second-order valence-corrected chi connectivity index (χ2v) is 11.1. The van der Waals surface area contributed by atoms with Gasteiger partial charge in [-0.25, -0.2) is 4.39 Å². The van der Waals surface area contributed by atoms with E-state index in [0.717, 1.165) is 5.57 Å². The average Bonchev–Trinajstić information content (AvgIpc) is 3.09. The summed E-state index contributed by atoms with van der Waals surface area (Å²) in [6.07, 6.45) is 4.93. The Labute approximate surface area is 183 Å². The fraction of sp³-hybridized carbons (Fsp3) is 0.720. The molecule has 5 aliphatic rings. The van der Waals surface area contributed by atoms with E-state index < -0.39 is 39.9 Å². The summed E-state index contributed by atoms with van der Waals surface area (Å²) in [5.74, 6) is -1.48. The quantitative estimate of drug-likeness (QED) is 0.654. The lowest BCUT2D eigenvalue weighted by Crippen LogP contribution is -2.68. The van der Waals surface area contributed by atoms with E-state index >= 15 is 4.39 Å². The van der Waals surface area contributed by atoms with Crippen LogP contribution in [0.2, 0.25) is 0 Å². The van der Waals surface area contributed by atoms with Crippen molar-refractivity contribution in [2.24, 2.45) is 22.7 Å². The standard InChI is InChI=1S/C25H33FO5/c1-14(13-27)25-20(30-21(2,3)31-25)11-18-17-7-6-15-10-16(28)8-9-22(15,4)24(17,26)19(29)12-23(18,25)5/h6,8-9,17-20,27,29H,1,7,10-13H2,2-5H3/t17-,18-,19-,20+,22-,23-,24-,25+/m0/s1. The SMILES string of the molecule is C=C(CO)[C@@]12OC(C)(C)O[C@@H]1C[C@H]1[C@@H]3CC=C4CC(=O)C=C[C@]4(C)[C@@]3(F)[C@@H](O)C[C@@]12C. The minimum absolute atomic E-state index is 0.0291. The summed E-state index contributed by atoms with van der Waals surface area (Å²) in [4.78, 5) is 12.0. The largest absolute Gasteiger partial charge is 0.392 e. The van der Waals surface area contributed by atoms with Crippen molar-refractivity contribution >= 4 is 5.78 Å². The maximum atomic E-state index is 17.2. The van der Waals surface area contributed by atoms with Gasteiger partial charge in [-0.3, -0.25) is 4.79 Å². The fourth-order valence-electron chi connectivity index (χ4n) is 7.98. The zero-order valence-electron chi connectivity index (χ0n) is 18.8. The highest BCUT2D eigenvalue weighted by atomic mass is 19.1. The number of allylic oxidation sites excluding steroid dienone is 4. The van der Waals surface area contributed by atoms with Crippen LogP contribution in [-0.4, -0.2) is 51.9 Å². The van der Waals surface area contributed by atoms with Gasteiger partial charge in [-0.2, -0.15) is 0 Å². The molecular formula is C25H33FO5. The van der Waals surface area contributed by atoms with Crippen molar-refractivity contribution < 1.29 is 28.9 Å². The smallest absolute Gasteiger partial charge is 0.164 e. The van der Waals surface area contributed by atoms with E-state index in [0.29, 0.717) is 18.4 Å². The molecule has 5 nitrogen and oxygen atoms in total. The number of hydrogen-bond donors (Lipinski definition) is 2. The molecule has 0 aromatic carbocycles. The maximum Gasteiger partial charge on any atom is 0.164 e. The maximum absolute atomic E-state index is 17.2. The molecule has 0 aromatic heterocycles. The van der Waals surface area contributed by atoms with Crippen molar-refractivity contribution in [3.63, 3.8) is 0 Å². The molecule has 8 atom stereocenters. The molecule has 0 unspecified atom stereocenters. The van der Waals surface area contributed by atoms with E-state index in [1.54, 1.807) is 6.08 Å². The highest BCUT2D eigenvalue weighted by Crippen LogP contribution is 2.72. The molecule has 0 radical (unpaired) electrons. The van der Waals surface area contributed by atoms with E-state index in [9.17, 15) is 15.0 Å². The lowest BCUT2D eigenvalue weighted by atomic mass is 9.45. The van der Waals surface area contributed by atoms with Crippen LogP contribution >= 0.6 is 0 Å². The number of ether oxygens (including phenoxy) is 2. The zero-order chi connectivity index (χ0) is 22.6. The van der Waals surface area contributed by atoms with Gasteiger partial charge >= 0.3 is 0 Å². The Morgan fingerprint density at radius 2 is 2.00 bits per heavy atom. The molecule has 0 amide bonds. The monoisotopic (exact) mass is 432 g/mol. The van der Waals surface area contributed by atoms with Crippen LogP contribution in [0.4, 0.5) is 4.39 Å². The van der Waals surface area contributed by atoms with Gasteiger partial charge in [-0.15, -0.1) is 0 Å². The third-order valence-electron chi connectivity index (χ3n) is 9.31. The molecule has 2 N–H and O–H groups in total. The summed E-state index contributed by atoms with van der Waals surface area (Å²) in [6.45, 7) is 11.4. The van der Waals surface area contributed by atoms with E-state index in [4.69, 9.17) is 9.47 Å². The van der Waals surface area contributed by atoms with Crippen molar-refractivity contribution in [3.05, 3.63) is 36.0 Å². The predicted octanol–water partition coefficient (Wildman–Crippen LogP) is 3.41. The molecule has 1 saturated heterocycles. The van der Waals surface area contributed by atoms with Crippen molar-refractivity contribution in [1.82, 2.24) is 0 Å². The lowest BCUT2D eigenvalue weighted by Gasteiger charge is -2.62. The summed E-state index contributed by atoms with van der Waals surface area (Å²) < 4.78 is 30.0. The van der Waals surface area contributed by atoms with Crippen LogP contribution in [0.25, 0.3) is 0 Å². The lowest BCUT2D eigenvalue weighted by molar-refractivity contribution is -0.239. The van der Waals surface area contributed by atoms with Crippen LogP contribution in [-0.2, 0) is 14.3 Å². The van der Waals surface area contributed by atoms with Crippen molar-refractivity contribution in [2.75, 3.05) is 6.61 Å². The normalized spacial score (nSPS) is 52.1. The third-order valence-corrected chi connectivity index (χ3v) is 9.31. The number of aliphatic hydroxyl groups excluding tert-OH is 2. The minimum Gasteiger partial charge on any atom is -0.392 e. The number of carbonyl (C=O) groups is 1. The summed E-state index contributed by atoms with van der Waals surface area (Å²) in [5, 5.41) is 21.5. The molecule has 4 aliphatic carbocycles. The number of ketones is 1. The first-order valence-electron chi connectivity index (χ1n) is 11.3. The molecule has 1 aliphatic heterocycles. The van der Waals surface area contributed by atoms with Gasteiger partial charge in [0.1, 0.15) is 5.60 Å². The molecule has 2 saturated carbocycles. The number of halogens is 1. The number of rotatable bonds is 2. The molecule has 0 spiro atoms. The van der Waals surface area contributed by atoms with Gasteiger partial charge in [0.05, 0.1) is 18.8 Å². The summed E-state index contributed by atoms with van der Waals surface area (Å²) >= 11 is 0. The summed E-state index contributed by atoms with van der Waals surface area (Å²) in [5.41, 5.74) is -3.27. The molecule has 1 heterocycles. The van der Waals surface area contributed by atoms with Gasteiger partial charge < -0.3 is 19.7 Å². The van der Waals surface area contributed by atoms with Gasteiger partial charge in [-0.05, 0) is 57.6 Å². The first-order valence-corrected chi connectivity index (χ1v) is 11.3. The molecular weight excluding hydrogens is 399 g/mol. The Balaban J connectivity index is 1.65. The second-order valence-electron chi connectivity index (χ2n) is 11.1. The topological polar surface area (TPSA) is 76.0 Å². The first kappa shape index (κ1) is 21.5. The number of hydrogen-bond acceptors (Lipinski definition) is 5. The van der Waals surface area contributed by atoms with E-state index in [1.165, 1.54) is 6.08 Å². The Morgan fingerprint density at radius 3 is 2.68 bits per heavy atom. The molecule has 170 valence electrons. The second kappa shape index (κ2) is 6.16. The highest BCUT2D eigenvalue weighted by Gasteiger charge is 2.78. The van der Waals surface area contributed by atoms with Crippen LogP contribution in [0.1, 0.15) is 53.4 Å². The van der Waals surface area contributed by atoms with Gasteiger partial charge in [0, 0.05) is 23.2 Å². The van der Waals surface area contributed by atoms with Crippen LogP contribution in [0.5, 0.6) is 0 Å². The molecule has 5 rings (SSSR count).